The number of ether oxygens (including phenoxy) is 1. The Morgan fingerprint density at radius 3 is 2.57 bits per heavy atom. The smallest absolute Gasteiger partial charge is 0.338 e. The third-order valence-corrected chi connectivity index (χ3v) is 5.13. The number of carbonyl (C=O) groups is 1. The van der Waals surface area contributed by atoms with Crippen molar-refractivity contribution in [1.82, 2.24) is 0 Å². The van der Waals surface area contributed by atoms with Crippen LogP contribution in [0.2, 0.25) is 0 Å². The Kier molecular flexibility index (Phi) is 7.62. The number of hydrogen-bond acceptors (Lipinski definition) is 2. The third kappa shape index (κ3) is 4.54. The Balaban J connectivity index is 0.00000124. The molecule has 30 heavy (non-hydrogen) atoms. The number of hydrogen-bond donors (Lipinski definition) is 0. The highest BCUT2D eigenvalue weighted by Crippen LogP contribution is 2.39. The topological polar surface area (TPSA) is 26.3 Å². The molecule has 0 fully saturated rings. The van der Waals surface area contributed by atoms with Crippen molar-refractivity contribution in [2.45, 2.75) is 40.0 Å². The van der Waals surface area contributed by atoms with Gasteiger partial charge in [0.15, 0.2) is 0 Å². The lowest BCUT2D eigenvalue weighted by molar-refractivity contribution is 0.0505. The van der Waals surface area contributed by atoms with E-state index < -0.39 is 0 Å². The van der Waals surface area contributed by atoms with Crippen LogP contribution in [0.4, 0.5) is 0 Å². The standard InChI is InChI=1S/C26H24O2.C2H6/c1-2-18-28-26(27)24-17-16-20-12-6-8-14-22(20)25(24)23-15-9-7-11-19-10-4-3-5-13-21(19)23;1-2/h3,5-10,12-17H,2,4,11,18H2,1H3;1-2H3. The summed E-state index contributed by atoms with van der Waals surface area (Å²) in [5.41, 5.74) is 5.14. The fourth-order valence-corrected chi connectivity index (χ4v) is 3.80. The summed E-state index contributed by atoms with van der Waals surface area (Å²) in [5, 5.41) is 2.19. The Morgan fingerprint density at radius 1 is 0.967 bits per heavy atom. The van der Waals surface area contributed by atoms with Gasteiger partial charge in [0.1, 0.15) is 0 Å². The van der Waals surface area contributed by atoms with E-state index in [9.17, 15) is 4.79 Å². The highest BCUT2D eigenvalue weighted by atomic mass is 16.5. The maximum absolute atomic E-state index is 12.9. The first kappa shape index (κ1) is 21.6. The molecule has 0 bridgehead atoms. The van der Waals surface area contributed by atoms with E-state index in [4.69, 9.17) is 4.74 Å². The quantitative estimate of drug-likeness (QED) is 0.496. The molecular formula is C28H30O2. The average molecular weight is 399 g/mol. The van der Waals surface area contributed by atoms with Gasteiger partial charge in [-0.2, -0.15) is 0 Å². The summed E-state index contributed by atoms with van der Waals surface area (Å²) in [4.78, 5) is 12.9. The van der Waals surface area contributed by atoms with Gasteiger partial charge < -0.3 is 4.74 Å². The van der Waals surface area contributed by atoms with Crippen LogP contribution >= 0.6 is 0 Å². The molecular weight excluding hydrogens is 368 g/mol. The summed E-state index contributed by atoms with van der Waals surface area (Å²) in [7, 11) is 0. The number of allylic oxidation sites excluding steroid dienone is 10. The van der Waals surface area contributed by atoms with Crippen LogP contribution in [0, 0.1) is 0 Å². The van der Waals surface area contributed by atoms with Gasteiger partial charge in [0.2, 0.25) is 0 Å². The number of benzene rings is 2. The Hall–Kier alpha value is -3.13. The molecule has 0 atom stereocenters. The van der Waals surface area contributed by atoms with Crippen molar-refractivity contribution in [1.29, 1.82) is 0 Å². The first-order chi connectivity index (χ1) is 14.8. The maximum atomic E-state index is 12.9. The summed E-state index contributed by atoms with van der Waals surface area (Å²) < 4.78 is 5.52. The number of carbonyl (C=O) groups excluding carboxylic acids is 1. The fourth-order valence-electron chi connectivity index (χ4n) is 3.80. The molecule has 0 aliphatic heterocycles. The van der Waals surface area contributed by atoms with Crippen molar-refractivity contribution in [3.63, 3.8) is 0 Å². The molecule has 2 aromatic carbocycles. The van der Waals surface area contributed by atoms with Crippen molar-refractivity contribution in [3.8, 4) is 0 Å². The van der Waals surface area contributed by atoms with Gasteiger partial charge in [-0.25, -0.2) is 4.79 Å². The molecule has 154 valence electrons. The molecule has 4 rings (SSSR count). The van der Waals surface area contributed by atoms with E-state index in [1.165, 1.54) is 11.1 Å². The minimum absolute atomic E-state index is 0.257. The molecule has 0 saturated heterocycles. The molecule has 2 heteroatoms. The normalized spacial score (nSPS) is 15.0. The molecule has 2 aromatic rings. The van der Waals surface area contributed by atoms with Crippen molar-refractivity contribution in [3.05, 3.63) is 101 Å². The van der Waals surface area contributed by atoms with E-state index in [0.29, 0.717) is 12.2 Å². The Morgan fingerprint density at radius 2 is 1.73 bits per heavy atom. The first-order valence-electron chi connectivity index (χ1n) is 10.9. The highest BCUT2D eigenvalue weighted by Gasteiger charge is 2.22. The minimum atomic E-state index is -0.257. The lowest BCUT2D eigenvalue weighted by Gasteiger charge is -2.18. The molecule has 0 amide bonds. The van der Waals surface area contributed by atoms with Gasteiger partial charge in [0.05, 0.1) is 12.2 Å². The summed E-state index contributed by atoms with van der Waals surface area (Å²) in [6.45, 7) is 6.44. The third-order valence-electron chi connectivity index (χ3n) is 5.13. The van der Waals surface area contributed by atoms with E-state index in [1.807, 2.05) is 45.0 Å². The molecule has 0 spiro atoms. The van der Waals surface area contributed by atoms with Crippen LogP contribution in [0.25, 0.3) is 16.3 Å². The summed E-state index contributed by atoms with van der Waals surface area (Å²) >= 11 is 0. The van der Waals surface area contributed by atoms with Crippen LogP contribution < -0.4 is 0 Å². The van der Waals surface area contributed by atoms with Gasteiger partial charge in [-0.3, -0.25) is 0 Å². The van der Waals surface area contributed by atoms with E-state index in [1.54, 1.807) is 0 Å². The van der Waals surface area contributed by atoms with Crippen molar-refractivity contribution in [2.75, 3.05) is 6.61 Å². The zero-order valence-corrected chi connectivity index (χ0v) is 18.2. The van der Waals surface area contributed by atoms with Crippen molar-refractivity contribution < 1.29 is 9.53 Å². The molecule has 2 nitrogen and oxygen atoms in total. The lowest BCUT2D eigenvalue weighted by atomic mass is 9.86. The molecule has 0 unspecified atom stereocenters. The average Bonchev–Trinajstić information content (AvgIpc) is 3.14. The zero-order valence-electron chi connectivity index (χ0n) is 18.2. The van der Waals surface area contributed by atoms with Gasteiger partial charge in [0, 0.05) is 5.56 Å². The number of rotatable bonds is 4. The molecule has 0 saturated carbocycles. The van der Waals surface area contributed by atoms with Crippen LogP contribution in [-0.4, -0.2) is 12.6 Å². The minimum Gasteiger partial charge on any atom is -0.462 e. The van der Waals surface area contributed by atoms with Gasteiger partial charge >= 0.3 is 5.97 Å². The number of esters is 1. The first-order valence-corrected chi connectivity index (χ1v) is 10.9. The maximum Gasteiger partial charge on any atom is 0.338 e. The van der Waals surface area contributed by atoms with Gasteiger partial charge in [0.25, 0.3) is 0 Å². The van der Waals surface area contributed by atoms with E-state index >= 15 is 0 Å². The second-order valence-corrected chi connectivity index (χ2v) is 7.03. The molecule has 0 N–H and O–H groups in total. The van der Waals surface area contributed by atoms with Crippen LogP contribution in [0.15, 0.2) is 90.1 Å². The van der Waals surface area contributed by atoms with E-state index in [2.05, 4.69) is 54.7 Å². The van der Waals surface area contributed by atoms with Gasteiger partial charge in [-0.1, -0.05) is 93.6 Å². The number of fused-ring (bicyclic) bond motifs is 2. The predicted octanol–water partition coefficient (Wildman–Crippen LogP) is 7.59. The summed E-state index contributed by atoms with van der Waals surface area (Å²) in [5.74, 6) is -0.257. The van der Waals surface area contributed by atoms with Crippen LogP contribution in [-0.2, 0) is 4.74 Å². The van der Waals surface area contributed by atoms with E-state index in [0.717, 1.165) is 41.2 Å². The van der Waals surface area contributed by atoms with Gasteiger partial charge in [-0.15, -0.1) is 0 Å². The second-order valence-electron chi connectivity index (χ2n) is 7.03. The molecule has 0 heterocycles. The largest absolute Gasteiger partial charge is 0.462 e. The van der Waals surface area contributed by atoms with E-state index in [-0.39, 0.29) is 5.97 Å². The second kappa shape index (κ2) is 10.6. The highest BCUT2D eigenvalue weighted by molar-refractivity contribution is 6.08. The molecule has 2 aliphatic rings. The molecule has 0 aromatic heterocycles. The zero-order chi connectivity index (χ0) is 21.3. The van der Waals surface area contributed by atoms with Crippen molar-refractivity contribution >= 4 is 22.3 Å². The molecule has 2 aliphatic carbocycles. The fraction of sp³-hybridized carbons (Fsp3) is 0.250. The predicted molar refractivity (Wildman–Crippen MR) is 128 cm³/mol. The van der Waals surface area contributed by atoms with Gasteiger partial charge in [-0.05, 0) is 52.8 Å². The lowest BCUT2D eigenvalue weighted by Crippen LogP contribution is -2.10. The van der Waals surface area contributed by atoms with Crippen LogP contribution in [0.1, 0.15) is 56.0 Å². The van der Waals surface area contributed by atoms with Crippen LogP contribution in [0.5, 0.6) is 0 Å². The van der Waals surface area contributed by atoms with Crippen molar-refractivity contribution in [2.24, 2.45) is 0 Å². The Labute approximate surface area is 180 Å². The summed E-state index contributed by atoms with van der Waals surface area (Å²) in [6, 6.07) is 12.1. The Bertz CT molecular complexity index is 1060. The van der Waals surface area contributed by atoms with Crippen LogP contribution in [0.3, 0.4) is 0 Å². The monoisotopic (exact) mass is 398 g/mol. The molecule has 0 radical (unpaired) electrons. The summed E-state index contributed by atoms with van der Waals surface area (Å²) in [6.07, 6.45) is 17.8. The SMILES string of the molecule is CC.CCCOC(=O)c1ccc2ccccc2c1C1=CC=CCC2=CCC=CC=C21.